The predicted octanol–water partition coefficient (Wildman–Crippen LogP) is 3.40. The summed E-state index contributed by atoms with van der Waals surface area (Å²) in [5, 5.41) is 15.4. The molecule has 0 unspecified atom stereocenters. The van der Waals surface area contributed by atoms with Gasteiger partial charge in [0.2, 0.25) is 0 Å². The molecule has 7 heteroatoms. The summed E-state index contributed by atoms with van der Waals surface area (Å²) in [5.41, 5.74) is 9.93. The number of fused-ring (bicyclic) bond motifs is 2. The Morgan fingerprint density at radius 3 is 2.78 bits per heavy atom. The first kappa shape index (κ1) is 23.4. The van der Waals surface area contributed by atoms with Crippen molar-refractivity contribution in [1.29, 1.82) is 0 Å². The fourth-order valence-electron chi connectivity index (χ4n) is 6.69. The molecule has 3 aliphatic rings. The smallest absolute Gasteiger partial charge is 0.290 e. The minimum Gasteiger partial charge on any atom is -0.385 e. The molecule has 2 aromatic carbocycles. The molecule has 6 rings (SSSR count). The Morgan fingerprint density at radius 2 is 1.94 bits per heavy atom. The number of nitrogens with one attached hydrogen (secondary N) is 1. The van der Waals surface area contributed by atoms with Crippen LogP contribution in [0.2, 0.25) is 0 Å². The molecule has 1 saturated carbocycles. The summed E-state index contributed by atoms with van der Waals surface area (Å²) in [5.74, 6) is 0.546. The van der Waals surface area contributed by atoms with Crippen LogP contribution in [0.5, 0.6) is 0 Å². The van der Waals surface area contributed by atoms with Gasteiger partial charge in [0, 0.05) is 50.2 Å². The number of rotatable bonds is 4. The number of hydrogen-bond donors (Lipinski definition) is 3. The second kappa shape index (κ2) is 9.47. The molecule has 0 spiro atoms. The van der Waals surface area contributed by atoms with Crippen molar-refractivity contribution >= 4 is 5.91 Å². The maximum absolute atomic E-state index is 14.2. The second-order valence-corrected chi connectivity index (χ2v) is 10.5. The van der Waals surface area contributed by atoms with Gasteiger partial charge in [-0.3, -0.25) is 4.79 Å². The molecular formula is C29H35N5O2. The number of imidazole rings is 1. The van der Waals surface area contributed by atoms with Crippen LogP contribution in [0.3, 0.4) is 0 Å². The van der Waals surface area contributed by atoms with Crippen molar-refractivity contribution in [2.45, 2.75) is 63.4 Å². The first-order chi connectivity index (χ1) is 17.6. The van der Waals surface area contributed by atoms with Crippen LogP contribution in [0.25, 0.3) is 11.3 Å². The molecule has 1 amide bonds. The number of likely N-dealkylation sites (tertiary alicyclic amines) is 1. The molecular weight excluding hydrogens is 450 g/mol. The van der Waals surface area contributed by atoms with Crippen molar-refractivity contribution in [2.24, 2.45) is 11.7 Å². The largest absolute Gasteiger partial charge is 0.385 e. The third-order valence-electron chi connectivity index (χ3n) is 8.52. The third kappa shape index (κ3) is 3.86. The third-order valence-corrected chi connectivity index (χ3v) is 8.52. The summed E-state index contributed by atoms with van der Waals surface area (Å²) in [6.07, 6.45) is 4.57. The Bertz CT molecular complexity index is 1260. The number of aromatic nitrogens is 2. The van der Waals surface area contributed by atoms with Gasteiger partial charge in [-0.15, -0.1) is 0 Å². The van der Waals surface area contributed by atoms with Gasteiger partial charge in [0.15, 0.2) is 5.82 Å². The minimum atomic E-state index is -0.896. The van der Waals surface area contributed by atoms with Gasteiger partial charge in [0.1, 0.15) is 0 Å². The van der Waals surface area contributed by atoms with Crippen LogP contribution in [0.1, 0.15) is 59.5 Å². The highest BCUT2D eigenvalue weighted by atomic mass is 16.3. The summed E-state index contributed by atoms with van der Waals surface area (Å²) >= 11 is 0. The molecule has 4 N–H and O–H groups in total. The van der Waals surface area contributed by atoms with E-state index in [1.165, 1.54) is 0 Å². The number of carbonyl (C=O) groups excluding carboxylic acids is 1. The molecule has 3 aromatic rings. The number of hydrogen-bond acceptors (Lipinski definition) is 5. The van der Waals surface area contributed by atoms with Gasteiger partial charge in [0.05, 0.1) is 17.0 Å². The van der Waals surface area contributed by atoms with E-state index in [4.69, 9.17) is 10.7 Å². The first-order valence-corrected chi connectivity index (χ1v) is 13.3. The number of nitrogens with two attached hydrogens (primary N) is 1. The normalized spacial score (nSPS) is 25.8. The monoisotopic (exact) mass is 485 g/mol. The second-order valence-electron chi connectivity index (χ2n) is 10.5. The molecule has 2 aliphatic heterocycles. The molecule has 1 aliphatic carbocycles. The molecule has 3 atom stereocenters. The van der Waals surface area contributed by atoms with Crippen LogP contribution >= 0.6 is 0 Å². The summed E-state index contributed by atoms with van der Waals surface area (Å²) in [6.45, 7) is 3.21. The molecule has 7 nitrogen and oxygen atoms in total. The van der Waals surface area contributed by atoms with E-state index in [2.05, 4.69) is 16.0 Å². The number of aliphatic hydroxyl groups is 1. The summed E-state index contributed by atoms with van der Waals surface area (Å²) in [7, 11) is 0. The molecule has 1 saturated heterocycles. The lowest BCUT2D eigenvalue weighted by molar-refractivity contribution is -0.110. The van der Waals surface area contributed by atoms with E-state index >= 15 is 0 Å². The Balaban J connectivity index is 1.36. The van der Waals surface area contributed by atoms with Crippen LogP contribution in [0, 0.1) is 5.92 Å². The van der Waals surface area contributed by atoms with Crippen molar-refractivity contribution in [3.05, 3.63) is 77.2 Å². The number of piperidine rings is 1. The van der Waals surface area contributed by atoms with Crippen LogP contribution in [0.15, 0.2) is 54.6 Å². The Kier molecular flexibility index (Phi) is 6.15. The van der Waals surface area contributed by atoms with E-state index in [1.807, 2.05) is 53.4 Å². The highest BCUT2D eigenvalue weighted by Gasteiger charge is 2.51. The van der Waals surface area contributed by atoms with Gasteiger partial charge in [-0.2, -0.15) is 0 Å². The SMILES string of the molecule is NCc1cccc(-c2nc(C(=O)N3CC[C@](O)(c4ccccc4)[C@H]4CCCC[C@H]43)n3c2CNCC3)c1. The molecule has 188 valence electrons. The molecule has 0 radical (unpaired) electrons. The van der Waals surface area contributed by atoms with Crippen molar-refractivity contribution in [3.63, 3.8) is 0 Å². The highest BCUT2D eigenvalue weighted by molar-refractivity contribution is 5.92. The molecule has 1 aromatic heterocycles. The zero-order chi connectivity index (χ0) is 24.7. The van der Waals surface area contributed by atoms with E-state index in [0.717, 1.165) is 66.9 Å². The zero-order valence-electron chi connectivity index (χ0n) is 20.7. The molecule has 2 fully saturated rings. The van der Waals surface area contributed by atoms with Crippen molar-refractivity contribution in [1.82, 2.24) is 19.8 Å². The van der Waals surface area contributed by atoms with Gasteiger partial charge < -0.3 is 25.6 Å². The number of carbonyl (C=O) groups is 1. The lowest BCUT2D eigenvalue weighted by atomic mass is 9.66. The predicted molar refractivity (Wildman–Crippen MR) is 139 cm³/mol. The first-order valence-electron chi connectivity index (χ1n) is 13.3. The van der Waals surface area contributed by atoms with E-state index in [9.17, 15) is 9.90 Å². The van der Waals surface area contributed by atoms with Gasteiger partial charge in [0.25, 0.3) is 5.91 Å². The van der Waals surface area contributed by atoms with Gasteiger partial charge in [-0.1, -0.05) is 61.4 Å². The Labute approximate surface area is 212 Å². The fourth-order valence-corrected chi connectivity index (χ4v) is 6.69. The average molecular weight is 486 g/mol. The summed E-state index contributed by atoms with van der Waals surface area (Å²) in [6, 6.07) is 18.2. The van der Waals surface area contributed by atoms with Crippen LogP contribution in [-0.4, -0.2) is 44.6 Å². The summed E-state index contributed by atoms with van der Waals surface area (Å²) < 4.78 is 2.11. The average Bonchev–Trinajstić information content (AvgIpc) is 3.33. The van der Waals surface area contributed by atoms with Gasteiger partial charge >= 0.3 is 0 Å². The number of amides is 1. The summed E-state index contributed by atoms with van der Waals surface area (Å²) in [4.78, 5) is 21.2. The lowest BCUT2D eigenvalue weighted by Crippen LogP contribution is -2.59. The molecule has 36 heavy (non-hydrogen) atoms. The lowest BCUT2D eigenvalue weighted by Gasteiger charge is -2.52. The van der Waals surface area contributed by atoms with E-state index in [0.29, 0.717) is 31.9 Å². The maximum atomic E-state index is 14.2. The fraction of sp³-hybridized carbons (Fsp3) is 0.448. The van der Waals surface area contributed by atoms with Crippen LogP contribution in [-0.2, 0) is 25.2 Å². The van der Waals surface area contributed by atoms with E-state index < -0.39 is 5.60 Å². The van der Waals surface area contributed by atoms with Gasteiger partial charge in [-0.25, -0.2) is 4.98 Å². The number of nitrogens with zero attached hydrogens (tertiary/aromatic N) is 3. The van der Waals surface area contributed by atoms with Crippen LogP contribution in [0.4, 0.5) is 0 Å². The van der Waals surface area contributed by atoms with Crippen molar-refractivity contribution in [3.8, 4) is 11.3 Å². The van der Waals surface area contributed by atoms with E-state index in [-0.39, 0.29) is 17.9 Å². The standard InChI is InChI=1S/C29H35N5O2/c30-18-20-7-6-8-21(17-20)26-25-19-31-14-16-33(25)27(32-26)28(35)34-15-13-29(36,22-9-2-1-3-10-22)23-11-4-5-12-24(23)34/h1-3,6-10,17,23-24,31,36H,4-5,11-16,18-19,30H2/t23-,24+,29-/m0/s1. The Hall–Kier alpha value is -3.00. The van der Waals surface area contributed by atoms with Crippen molar-refractivity contribution in [2.75, 3.05) is 13.1 Å². The van der Waals surface area contributed by atoms with Crippen molar-refractivity contribution < 1.29 is 9.90 Å². The molecule has 0 bridgehead atoms. The zero-order valence-corrected chi connectivity index (χ0v) is 20.7. The number of benzene rings is 2. The highest BCUT2D eigenvalue weighted by Crippen LogP contribution is 2.47. The van der Waals surface area contributed by atoms with Gasteiger partial charge in [-0.05, 0) is 36.5 Å². The van der Waals surface area contributed by atoms with E-state index in [1.54, 1.807) is 0 Å². The minimum absolute atomic E-state index is 0.00797. The Morgan fingerprint density at radius 1 is 1.11 bits per heavy atom. The maximum Gasteiger partial charge on any atom is 0.290 e. The molecule has 3 heterocycles. The van der Waals surface area contributed by atoms with Crippen LogP contribution < -0.4 is 11.1 Å². The topological polar surface area (TPSA) is 96.4 Å². The quantitative estimate of drug-likeness (QED) is 0.526.